The molecule has 4 nitrogen and oxygen atoms in total. The molecule has 5 heteroatoms. The largest absolute Gasteiger partial charge is 0.312 e. The number of hydrogen-bond acceptors (Lipinski definition) is 3. The van der Waals surface area contributed by atoms with Crippen molar-refractivity contribution in [2.24, 2.45) is 0 Å². The minimum atomic E-state index is -0.428. The van der Waals surface area contributed by atoms with Gasteiger partial charge < -0.3 is 4.98 Å². The highest BCUT2D eigenvalue weighted by Gasteiger charge is 2.12. The number of nitrogens with zero attached hydrogens (tertiary/aromatic N) is 2. The Morgan fingerprint density at radius 3 is 2.81 bits per heavy atom. The zero-order valence-corrected chi connectivity index (χ0v) is 9.65. The first-order chi connectivity index (χ1) is 7.74. The Bertz CT molecular complexity index is 628. The quantitative estimate of drug-likeness (QED) is 0.866. The molecule has 0 unspecified atom stereocenters. The number of nitrogens with one attached hydrogen (secondary N) is 1. The number of rotatable bonds is 1. The van der Waals surface area contributed by atoms with Gasteiger partial charge in [-0.2, -0.15) is 5.26 Å². The molecular weight excluding hydrogens is 270 g/mol. The molecule has 1 aromatic carbocycles. The monoisotopic (exact) mass is 275 g/mol. The molecule has 2 aromatic rings. The third-order valence-corrected chi connectivity index (χ3v) is 2.79. The standard InChI is InChI=1S/C11H6BrN3O/c12-9-4-2-1-3-7(9)10-8(5-13)11(16)15-6-14-10/h1-4,6H,(H,14,15,16). The Kier molecular flexibility index (Phi) is 2.84. The molecule has 0 bridgehead atoms. The van der Waals surface area contributed by atoms with Crippen molar-refractivity contribution in [2.75, 3.05) is 0 Å². The average molecular weight is 276 g/mol. The van der Waals surface area contributed by atoms with Crippen LogP contribution in [0.1, 0.15) is 5.56 Å². The molecule has 78 valence electrons. The molecule has 0 aliphatic carbocycles. The van der Waals surface area contributed by atoms with Crippen LogP contribution in [-0.2, 0) is 0 Å². The zero-order chi connectivity index (χ0) is 11.5. The SMILES string of the molecule is N#Cc1c(-c2ccccc2Br)nc[nH]c1=O. The number of hydrogen-bond donors (Lipinski definition) is 1. The molecule has 0 atom stereocenters. The Balaban J connectivity index is 2.76. The summed E-state index contributed by atoms with van der Waals surface area (Å²) >= 11 is 3.36. The summed E-state index contributed by atoms with van der Waals surface area (Å²) in [5.41, 5.74) is 0.710. The molecule has 0 radical (unpaired) electrons. The van der Waals surface area contributed by atoms with Crippen molar-refractivity contribution in [3.8, 4) is 17.3 Å². The summed E-state index contributed by atoms with van der Waals surface area (Å²) < 4.78 is 0.796. The summed E-state index contributed by atoms with van der Waals surface area (Å²) in [5, 5.41) is 8.93. The van der Waals surface area contributed by atoms with Gasteiger partial charge in [0, 0.05) is 10.0 Å². The average Bonchev–Trinajstić information content (AvgIpc) is 2.29. The van der Waals surface area contributed by atoms with Gasteiger partial charge >= 0.3 is 0 Å². The van der Waals surface area contributed by atoms with Crippen molar-refractivity contribution in [1.29, 1.82) is 5.26 Å². The van der Waals surface area contributed by atoms with Crippen LogP contribution in [0.5, 0.6) is 0 Å². The van der Waals surface area contributed by atoms with Crippen molar-refractivity contribution in [1.82, 2.24) is 9.97 Å². The highest BCUT2D eigenvalue weighted by atomic mass is 79.9. The van der Waals surface area contributed by atoms with Gasteiger partial charge in [0.1, 0.15) is 11.6 Å². The summed E-state index contributed by atoms with van der Waals surface area (Å²) in [4.78, 5) is 17.8. The second-order valence-electron chi connectivity index (χ2n) is 3.05. The van der Waals surface area contributed by atoms with E-state index in [1.165, 1.54) is 6.33 Å². The number of aromatic amines is 1. The van der Waals surface area contributed by atoms with Gasteiger partial charge in [-0.3, -0.25) is 4.79 Å². The van der Waals surface area contributed by atoms with E-state index in [4.69, 9.17) is 5.26 Å². The predicted octanol–water partition coefficient (Wildman–Crippen LogP) is 2.07. The maximum absolute atomic E-state index is 11.4. The molecule has 0 aliphatic rings. The molecule has 16 heavy (non-hydrogen) atoms. The van der Waals surface area contributed by atoms with E-state index in [0.29, 0.717) is 5.69 Å². The van der Waals surface area contributed by atoms with Crippen molar-refractivity contribution in [3.63, 3.8) is 0 Å². The van der Waals surface area contributed by atoms with Crippen LogP contribution < -0.4 is 5.56 Å². The number of nitriles is 1. The highest BCUT2D eigenvalue weighted by molar-refractivity contribution is 9.10. The van der Waals surface area contributed by atoms with Gasteiger partial charge in [0.25, 0.3) is 5.56 Å². The molecule has 1 heterocycles. The maximum Gasteiger partial charge on any atom is 0.269 e. The van der Waals surface area contributed by atoms with Gasteiger partial charge in [0.15, 0.2) is 0 Å². The Morgan fingerprint density at radius 1 is 1.38 bits per heavy atom. The third kappa shape index (κ3) is 1.75. The van der Waals surface area contributed by atoms with Gasteiger partial charge in [-0.15, -0.1) is 0 Å². The lowest BCUT2D eigenvalue weighted by Gasteiger charge is -2.03. The van der Waals surface area contributed by atoms with Crippen LogP contribution in [0.15, 0.2) is 39.9 Å². The maximum atomic E-state index is 11.4. The van der Waals surface area contributed by atoms with Crippen molar-refractivity contribution in [2.45, 2.75) is 0 Å². The fourth-order valence-corrected chi connectivity index (χ4v) is 1.83. The van der Waals surface area contributed by atoms with Crippen molar-refractivity contribution >= 4 is 15.9 Å². The minimum Gasteiger partial charge on any atom is -0.312 e. The molecule has 1 aromatic heterocycles. The van der Waals surface area contributed by atoms with Gasteiger partial charge in [0.05, 0.1) is 12.0 Å². The van der Waals surface area contributed by atoms with E-state index in [1.54, 1.807) is 6.07 Å². The number of aromatic nitrogens is 2. The van der Waals surface area contributed by atoms with Crippen LogP contribution in [0.25, 0.3) is 11.3 Å². The van der Waals surface area contributed by atoms with Gasteiger partial charge in [0.2, 0.25) is 0 Å². The van der Waals surface area contributed by atoms with E-state index in [9.17, 15) is 4.79 Å². The minimum absolute atomic E-state index is 0.0226. The van der Waals surface area contributed by atoms with E-state index < -0.39 is 5.56 Å². The first kappa shape index (κ1) is 10.6. The molecule has 2 rings (SSSR count). The first-order valence-corrected chi connectivity index (χ1v) is 5.26. The van der Waals surface area contributed by atoms with Crippen molar-refractivity contribution < 1.29 is 0 Å². The number of halogens is 1. The van der Waals surface area contributed by atoms with E-state index in [0.717, 1.165) is 10.0 Å². The zero-order valence-electron chi connectivity index (χ0n) is 8.07. The molecule has 0 amide bonds. The Hall–Kier alpha value is -1.93. The molecule has 0 fully saturated rings. The van der Waals surface area contributed by atoms with Crippen LogP contribution >= 0.6 is 15.9 Å². The van der Waals surface area contributed by atoms with Crippen LogP contribution in [0, 0.1) is 11.3 Å². The number of benzene rings is 1. The van der Waals surface area contributed by atoms with E-state index in [2.05, 4.69) is 25.9 Å². The summed E-state index contributed by atoms with van der Waals surface area (Å²) in [6.07, 6.45) is 1.29. The van der Waals surface area contributed by atoms with Gasteiger partial charge in [-0.1, -0.05) is 34.1 Å². The fourth-order valence-electron chi connectivity index (χ4n) is 1.36. The van der Waals surface area contributed by atoms with Crippen molar-refractivity contribution in [3.05, 3.63) is 51.0 Å². The highest BCUT2D eigenvalue weighted by Crippen LogP contribution is 2.26. The second-order valence-corrected chi connectivity index (χ2v) is 3.90. The van der Waals surface area contributed by atoms with Crippen LogP contribution in [0.3, 0.4) is 0 Å². The molecule has 0 saturated heterocycles. The normalized spacial score (nSPS) is 9.75. The molecule has 0 saturated carbocycles. The number of H-pyrrole nitrogens is 1. The van der Waals surface area contributed by atoms with Crippen LogP contribution in [0.2, 0.25) is 0 Å². The molecule has 0 aliphatic heterocycles. The van der Waals surface area contributed by atoms with Gasteiger partial charge in [-0.05, 0) is 6.07 Å². The lowest BCUT2D eigenvalue weighted by atomic mass is 10.1. The third-order valence-electron chi connectivity index (χ3n) is 2.09. The van der Waals surface area contributed by atoms with Crippen LogP contribution in [-0.4, -0.2) is 9.97 Å². The van der Waals surface area contributed by atoms with Crippen LogP contribution in [0.4, 0.5) is 0 Å². The topological polar surface area (TPSA) is 69.5 Å². The lowest BCUT2D eigenvalue weighted by Crippen LogP contribution is -2.12. The second kappa shape index (κ2) is 4.29. The lowest BCUT2D eigenvalue weighted by molar-refractivity contribution is 1.10. The van der Waals surface area contributed by atoms with E-state index >= 15 is 0 Å². The fraction of sp³-hybridized carbons (Fsp3) is 0. The van der Waals surface area contributed by atoms with Gasteiger partial charge in [-0.25, -0.2) is 4.98 Å². The summed E-state index contributed by atoms with van der Waals surface area (Å²) in [6.45, 7) is 0. The summed E-state index contributed by atoms with van der Waals surface area (Å²) in [6, 6.07) is 9.17. The molecule has 1 N–H and O–H groups in total. The summed E-state index contributed by atoms with van der Waals surface area (Å²) in [7, 11) is 0. The smallest absolute Gasteiger partial charge is 0.269 e. The Labute approximate surface area is 99.7 Å². The first-order valence-electron chi connectivity index (χ1n) is 4.46. The Morgan fingerprint density at radius 2 is 2.12 bits per heavy atom. The summed E-state index contributed by atoms with van der Waals surface area (Å²) in [5.74, 6) is 0. The predicted molar refractivity (Wildman–Crippen MR) is 62.7 cm³/mol. The van der Waals surface area contributed by atoms with E-state index in [-0.39, 0.29) is 5.56 Å². The van der Waals surface area contributed by atoms with E-state index in [1.807, 2.05) is 24.3 Å². The molecule has 0 spiro atoms. The molecular formula is C11H6BrN3O.